The van der Waals surface area contributed by atoms with Gasteiger partial charge in [0, 0.05) is 6.04 Å². The molecular weight excluding hydrogens is 198 g/mol. The fraction of sp³-hybridized carbons (Fsp3) is 0.462. The van der Waals surface area contributed by atoms with Gasteiger partial charge in [0.05, 0.1) is 6.54 Å². The van der Waals surface area contributed by atoms with Crippen LogP contribution in [0.1, 0.15) is 31.9 Å². The zero-order chi connectivity index (χ0) is 12.0. The summed E-state index contributed by atoms with van der Waals surface area (Å²) in [5.41, 5.74) is 8.34. The fourth-order valence-corrected chi connectivity index (χ4v) is 1.57. The molecular formula is C13H21N3. The average Bonchev–Trinajstić information content (AvgIpc) is 2.26. The largest absolute Gasteiger partial charge is 0.370 e. The van der Waals surface area contributed by atoms with E-state index in [4.69, 9.17) is 5.73 Å². The molecule has 0 amide bonds. The molecule has 0 bridgehead atoms. The number of rotatable bonds is 4. The van der Waals surface area contributed by atoms with Gasteiger partial charge in [-0.15, -0.1) is 0 Å². The zero-order valence-corrected chi connectivity index (χ0v) is 10.3. The van der Waals surface area contributed by atoms with E-state index in [1.165, 1.54) is 11.1 Å². The third-order valence-electron chi connectivity index (χ3n) is 2.36. The predicted molar refractivity (Wildman–Crippen MR) is 69.4 cm³/mol. The molecule has 0 heterocycles. The second kappa shape index (κ2) is 6.16. The first-order valence-corrected chi connectivity index (χ1v) is 5.76. The number of hydrogen-bond donors (Lipinski definition) is 2. The molecule has 0 aliphatic heterocycles. The topological polar surface area (TPSA) is 50.4 Å². The van der Waals surface area contributed by atoms with Crippen molar-refractivity contribution >= 4 is 5.96 Å². The molecule has 0 spiro atoms. The Morgan fingerprint density at radius 3 is 2.50 bits per heavy atom. The van der Waals surface area contributed by atoms with E-state index < -0.39 is 0 Å². The summed E-state index contributed by atoms with van der Waals surface area (Å²) >= 11 is 0. The van der Waals surface area contributed by atoms with Gasteiger partial charge in [-0.3, -0.25) is 0 Å². The van der Waals surface area contributed by atoms with Gasteiger partial charge in [0.15, 0.2) is 5.96 Å². The molecule has 0 atom stereocenters. The van der Waals surface area contributed by atoms with Crippen LogP contribution < -0.4 is 11.1 Å². The molecule has 0 saturated heterocycles. The first-order valence-electron chi connectivity index (χ1n) is 5.76. The van der Waals surface area contributed by atoms with Gasteiger partial charge < -0.3 is 11.1 Å². The van der Waals surface area contributed by atoms with Crippen LogP contribution >= 0.6 is 0 Å². The monoisotopic (exact) mass is 219 g/mol. The van der Waals surface area contributed by atoms with Gasteiger partial charge in [0.25, 0.3) is 0 Å². The molecule has 0 aliphatic rings. The first-order chi connectivity index (χ1) is 7.63. The Hall–Kier alpha value is -1.51. The van der Waals surface area contributed by atoms with Gasteiger partial charge in [-0.1, -0.05) is 31.2 Å². The van der Waals surface area contributed by atoms with E-state index in [1.54, 1.807) is 0 Å². The SMILES string of the molecule is CCc1ccccc1CN=C(N)NC(C)C. The van der Waals surface area contributed by atoms with Gasteiger partial charge in [0.1, 0.15) is 0 Å². The molecule has 3 heteroatoms. The van der Waals surface area contributed by atoms with Crippen LogP contribution in [0.5, 0.6) is 0 Å². The Morgan fingerprint density at radius 1 is 1.31 bits per heavy atom. The number of aryl methyl sites for hydroxylation is 1. The van der Waals surface area contributed by atoms with E-state index in [2.05, 4.69) is 35.4 Å². The summed E-state index contributed by atoms with van der Waals surface area (Å²) < 4.78 is 0. The number of benzene rings is 1. The number of nitrogens with zero attached hydrogens (tertiary/aromatic N) is 1. The maximum Gasteiger partial charge on any atom is 0.189 e. The van der Waals surface area contributed by atoms with E-state index in [0.29, 0.717) is 18.5 Å². The Balaban J connectivity index is 2.66. The summed E-state index contributed by atoms with van der Waals surface area (Å²) in [6, 6.07) is 8.66. The van der Waals surface area contributed by atoms with Crippen molar-refractivity contribution in [1.82, 2.24) is 5.32 Å². The highest BCUT2D eigenvalue weighted by Crippen LogP contribution is 2.10. The average molecular weight is 219 g/mol. The third kappa shape index (κ3) is 3.93. The molecule has 0 saturated carbocycles. The molecule has 0 radical (unpaired) electrons. The second-order valence-electron chi connectivity index (χ2n) is 4.12. The number of hydrogen-bond acceptors (Lipinski definition) is 1. The maximum absolute atomic E-state index is 5.75. The van der Waals surface area contributed by atoms with Crippen molar-refractivity contribution in [2.24, 2.45) is 10.7 Å². The van der Waals surface area contributed by atoms with E-state index in [1.807, 2.05) is 19.9 Å². The highest BCUT2D eigenvalue weighted by Gasteiger charge is 1.99. The summed E-state index contributed by atoms with van der Waals surface area (Å²) in [6.45, 7) is 6.89. The minimum atomic E-state index is 0.324. The zero-order valence-electron chi connectivity index (χ0n) is 10.3. The van der Waals surface area contributed by atoms with Crippen LogP contribution in [0.3, 0.4) is 0 Å². The minimum absolute atomic E-state index is 0.324. The van der Waals surface area contributed by atoms with Crippen molar-refractivity contribution in [1.29, 1.82) is 0 Å². The minimum Gasteiger partial charge on any atom is -0.370 e. The van der Waals surface area contributed by atoms with Gasteiger partial charge in [0.2, 0.25) is 0 Å². The number of aliphatic imine (C=N–C) groups is 1. The van der Waals surface area contributed by atoms with E-state index in [9.17, 15) is 0 Å². The van der Waals surface area contributed by atoms with Crippen LogP contribution in [0.25, 0.3) is 0 Å². The molecule has 1 rings (SSSR count). The molecule has 0 aliphatic carbocycles. The summed E-state index contributed by atoms with van der Waals surface area (Å²) in [4.78, 5) is 4.33. The number of guanidine groups is 1. The molecule has 88 valence electrons. The molecule has 1 aromatic carbocycles. The van der Waals surface area contributed by atoms with Crippen LogP contribution in [-0.4, -0.2) is 12.0 Å². The molecule has 3 nitrogen and oxygen atoms in total. The molecule has 0 fully saturated rings. The summed E-state index contributed by atoms with van der Waals surface area (Å²) in [6.07, 6.45) is 1.03. The first kappa shape index (κ1) is 12.6. The van der Waals surface area contributed by atoms with Gasteiger partial charge in [-0.2, -0.15) is 0 Å². The Morgan fingerprint density at radius 2 is 1.94 bits per heavy atom. The lowest BCUT2D eigenvalue weighted by molar-refractivity contribution is 0.723. The van der Waals surface area contributed by atoms with Crippen LogP contribution in [0.15, 0.2) is 29.3 Å². The predicted octanol–water partition coefficient (Wildman–Crippen LogP) is 2.06. The number of nitrogens with two attached hydrogens (primary N) is 1. The lowest BCUT2D eigenvalue weighted by Gasteiger charge is -2.09. The lowest BCUT2D eigenvalue weighted by Crippen LogP contribution is -2.36. The van der Waals surface area contributed by atoms with Crippen LogP contribution in [0, 0.1) is 0 Å². The molecule has 3 N–H and O–H groups in total. The normalized spacial score (nSPS) is 11.9. The third-order valence-corrected chi connectivity index (χ3v) is 2.36. The van der Waals surface area contributed by atoms with Crippen LogP contribution in [0.4, 0.5) is 0 Å². The Labute approximate surface area is 97.8 Å². The highest BCUT2D eigenvalue weighted by molar-refractivity contribution is 5.78. The van der Waals surface area contributed by atoms with Crippen molar-refractivity contribution in [3.05, 3.63) is 35.4 Å². The van der Waals surface area contributed by atoms with E-state index >= 15 is 0 Å². The summed E-state index contributed by atoms with van der Waals surface area (Å²) in [5.74, 6) is 0.515. The van der Waals surface area contributed by atoms with Gasteiger partial charge >= 0.3 is 0 Å². The van der Waals surface area contributed by atoms with Gasteiger partial charge in [-0.05, 0) is 31.4 Å². The van der Waals surface area contributed by atoms with E-state index in [-0.39, 0.29) is 0 Å². The standard InChI is InChI=1S/C13H21N3/c1-4-11-7-5-6-8-12(11)9-15-13(14)16-10(2)3/h5-8,10H,4,9H2,1-3H3,(H3,14,15,16). The molecule has 16 heavy (non-hydrogen) atoms. The molecule has 0 unspecified atom stereocenters. The van der Waals surface area contributed by atoms with Crippen LogP contribution in [-0.2, 0) is 13.0 Å². The molecule has 1 aromatic rings. The van der Waals surface area contributed by atoms with Crippen molar-refractivity contribution < 1.29 is 0 Å². The molecule has 0 aromatic heterocycles. The fourth-order valence-electron chi connectivity index (χ4n) is 1.57. The van der Waals surface area contributed by atoms with Gasteiger partial charge in [-0.25, -0.2) is 4.99 Å². The highest BCUT2D eigenvalue weighted by atomic mass is 15.1. The smallest absolute Gasteiger partial charge is 0.189 e. The van der Waals surface area contributed by atoms with Crippen molar-refractivity contribution in [3.8, 4) is 0 Å². The second-order valence-corrected chi connectivity index (χ2v) is 4.12. The summed E-state index contributed by atoms with van der Waals surface area (Å²) in [7, 11) is 0. The quantitative estimate of drug-likeness (QED) is 0.601. The Bertz CT molecular complexity index is 356. The van der Waals surface area contributed by atoms with E-state index in [0.717, 1.165) is 6.42 Å². The van der Waals surface area contributed by atoms with Crippen molar-refractivity contribution in [3.63, 3.8) is 0 Å². The Kier molecular flexibility index (Phi) is 4.83. The number of nitrogens with one attached hydrogen (secondary N) is 1. The lowest BCUT2D eigenvalue weighted by atomic mass is 10.1. The summed E-state index contributed by atoms with van der Waals surface area (Å²) in [5, 5.41) is 3.08. The van der Waals surface area contributed by atoms with Crippen molar-refractivity contribution in [2.45, 2.75) is 39.8 Å². The van der Waals surface area contributed by atoms with Crippen LogP contribution in [0.2, 0.25) is 0 Å². The van der Waals surface area contributed by atoms with Crippen molar-refractivity contribution in [2.75, 3.05) is 0 Å². The maximum atomic E-state index is 5.75.